The number of halogens is 1. The number of hydrogen-bond acceptors (Lipinski definition) is 5. The van der Waals surface area contributed by atoms with Crippen molar-refractivity contribution in [2.45, 2.75) is 50.6 Å². The number of nitrogens with zero attached hydrogens (tertiary/aromatic N) is 4. The van der Waals surface area contributed by atoms with Crippen LogP contribution in [-0.4, -0.2) is 46.1 Å². The summed E-state index contributed by atoms with van der Waals surface area (Å²) in [6.07, 6.45) is 6.89. The molecule has 2 aromatic rings. The zero-order chi connectivity index (χ0) is 19.8. The number of aromatic nitrogens is 3. The average molecular weight is 422 g/mol. The van der Waals surface area contributed by atoms with E-state index in [1.165, 1.54) is 24.6 Å². The molecule has 152 valence electrons. The molecule has 2 heterocycles. The van der Waals surface area contributed by atoms with E-state index in [0.29, 0.717) is 15.9 Å². The molecule has 0 atom stereocenters. The van der Waals surface area contributed by atoms with Crippen molar-refractivity contribution in [3.8, 4) is 5.69 Å². The molecule has 6 nitrogen and oxygen atoms in total. The van der Waals surface area contributed by atoms with Crippen LogP contribution in [0.2, 0.25) is 5.02 Å². The SMILES string of the molecule is CCCCCCNC(=O)CSc1nnc(N2CCCC2)n1-c1ccccc1Cl. The second-order valence-corrected chi connectivity index (χ2v) is 8.31. The molecule has 0 saturated carbocycles. The highest BCUT2D eigenvalue weighted by atomic mass is 35.5. The zero-order valence-corrected chi connectivity index (χ0v) is 17.9. The van der Waals surface area contributed by atoms with Gasteiger partial charge in [-0.25, -0.2) is 0 Å². The zero-order valence-electron chi connectivity index (χ0n) is 16.4. The summed E-state index contributed by atoms with van der Waals surface area (Å²) in [7, 11) is 0. The molecule has 1 N–H and O–H groups in total. The minimum atomic E-state index is 0.0259. The molecule has 1 aromatic heterocycles. The minimum absolute atomic E-state index is 0.0259. The van der Waals surface area contributed by atoms with Crippen molar-refractivity contribution in [1.82, 2.24) is 20.1 Å². The van der Waals surface area contributed by atoms with Gasteiger partial charge in [-0.15, -0.1) is 10.2 Å². The number of nitrogens with one attached hydrogen (secondary N) is 1. The molecule has 1 saturated heterocycles. The van der Waals surface area contributed by atoms with Gasteiger partial charge in [0.2, 0.25) is 11.9 Å². The number of rotatable bonds is 10. The number of benzene rings is 1. The van der Waals surface area contributed by atoms with Crippen molar-refractivity contribution in [2.24, 2.45) is 0 Å². The lowest BCUT2D eigenvalue weighted by Crippen LogP contribution is -2.26. The second-order valence-electron chi connectivity index (χ2n) is 6.96. The number of amides is 1. The van der Waals surface area contributed by atoms with Crippen LogP contribution in [0.25, 0.3) is 5.69 Å². The van der Waals surface area contributed by atoms with E-state index in [1.54, 1.807) is 0 Å². The first-order chi connectivity index (χ1) is 13.7. The lowest BCUT2D eigenvalue weighted by atomic mass is 10.2. The van der Waals surface area contributed by atoms with Crippen LogP contribution >= 0.6 is 23.4 Å². The Hall–Kier alpha value is -1.73. The monoisotopic (exact) mass is 421 g/mol. The highest BCUT2D eigenvalue weighted by molar-refractivity contribution is 7.99. The summed E-state index contributed by atoms with van der Waals surface area (Å²) in [4.78, 5) is 14.4. The van der Waals surface area contributed by atoms with Crippen molar-refractivity contribution < 1.29 is 4.79 Å². The number of para-hydroxylation sites is 1. The van der Waals surface area contributed by atoms with Gasteiger partial charge in [0.15, 0.2) is 5.16 Å². The Morgan fingerprint density at radius 3 is 2.71 bits per heavy atom. The molecule has 1 aliphatic heterocycles. The van der Waals surface area contributed by atoms with Gasteiger partial charge in [0.25, 0.3) is 0 Å². The Morgan fingerprint density at radius 1 is 1.18 bits per heavy atom. The summed E-state index contributed by atoms with van der Waals surface area (Å²) in [5.41, 5.74) is 0.846. The van der Waals surface area contributed by atoms with Crippen LogP contribution in [0.3, 0.4) is 0 Å². The molecule has 1 fully saturated rings. The van der Waals surface area contributed by atoms with E-state index in [1.807, 2.05) is 28.8 Å². The minimum Gasteiger partial charge on any atom is -0.355 e. The predicted octanol–water partition coefficient (Wildman–Crippen LogP) is 4.31. The fourth-order valence-electron chi connectivity index (χ4n) is 3.28. The average Bonchev–Trinajstić information content (AvgIpc) is 3.36. The van der Waals surface area contributed by atoms with Gasteiger partial charge in [-0.05, 0) is 31.4 Å². The Bertz CT molecular complexity index is 776. The van der Waals surface area contributed by atoms with Crippen LogP contribution in [0.15, 0.2) is 29.4 Å². The summed E-state index contributed by atoms with van der Waals surface area (Å²) in [5, 5.41) is 13.1. The fourth-order valence-corrected chi connectivity index (χ4v) is 4.27. The molecule has 0 unspecified atom stereocenters. The first kappa shape index (κ1) is 21.0. The normalized spacial score (nSPS) is 13.9. The van der Waals surface area contributed by atoms with Gasteiger partial charge >= 0.3 is 0 Å². The molecule has 8 heteroatoms. The molecule has 0 bridgehead atoms. The maximum atomic E-state index is 12.2. The number of carbonyl (C=O) groups excluding carboxylic acids is 1. The van der Waals surface area contributed by atoms with E-state index >= 15 is 0 Å². The van der Waals surface area contributed by atoms with Crippen LogP contribution in [0.4, 0.5) is 5.95 Å². The number of unbranched alkanes of at least 4 members (excludes halogenated alkanes) is 3. The van der Waals surface area contributed by atoms with Crippen molar-refractivity contribution in [2.75, 3.05) is 30.3 Å². The third-order valence-electron chi connectivity index (χ3n) is 4.78. The fraction of sp³-hybridized carbons (Fsp3) is 0.550. The van der Waals surface area contributed by atoms with Gasteiger partial charge in [0, 0.05) is 19.6 Å². The lowest BCUT2D eigenvalue weighted by Gasteiger charge is -2.19. The highest BCUT2D eigenvalue weighted by Gasteiger charge is 2.23. The van der Waals surface area contributed by atoms with E-state index in [2.05, 4.69) is 27.3 Å². The summed E-state index contributed by atoms with van der Waals surface area (Å²) < 4.78 is 1.98. The predicted molar refractivity (Wildman–Crippen MR) is 116 cm³/mol. The molecule has 1 aliphatic rings. The molecule has 1 aromatic carbocycles. The molecule has 1 amide bonds. The van der Waals surface area contributed by atoms with E-state index in [-0.39, 0.29) is 5.91 Å². The Labute approximate surface area is 176 Å². The van der Waals surface area contributed by atoms with Gasteiger partial charge in [-0.2, -0.15) is 0 Å². The van der Waals surface area contributed by atoms with E-state index in [4.69, 9.17) is 11.6 Å². The van der Waals surface area contributed by atoms with Crippen molar-refractivity contribution in [3.63, 3.8) is 0 Å². The first-order valence-corrected chi connectivity index (χ1v) is 11.4. The topological polar surface area (TPSA) is 63.1 Å². The Kier molecular flexibility index (Phi) is 8.03. The standard InChI is InChI=1S/C20H28ClN5OS/c1-2-3-4-7-12-22-18(27)15-28-20-24-23-19(25-13-8-9-14-25)26(20)17-11-6-5-10-16(17)21/h5-6,10-11H,2-4,7-9,12-15H2,1H3,(H,22,27). The van der Waals surface area contributed by atoms with Crippen LogP contribution in [0, 0.1) is 0 Å². The molecular formula is C20H28ClN5OS. The highest BCUT2D eigenvalue weighted by Crippen LogP contribution is 2.31. The first-order valence-electron chi connectivity index (χ1n) is 10.1. The molecular weight excluding hydrogens is 394 g/mol. The van der Waals surface area contributed by atoms with Crippen molar-refractivity contribution in [3.05, 3.63) is 29.3 Å². The van der Waals surface area contributed by atoms with E-state index < -0.39 is 0 Å². The largest absolute Gasteiger partial charge is 0.355 e. The number of carbonyl (C=O) groups is 1. The van der Waals surface area contributed by atoms with Gasteiger partial charge < -0.3 is 10.2 Å². The Morgan fingerprint density at radius 2 is 1.96 bits per heavy atom. The molecule has 0 radical (unpaired) electrons. The molecule has 28 heavy (non-hydrogen) atoms. The second kappa shape index (κ2) is 10.7. The Balaban J connectivity index is 1.69. The number of thioether (sulfide) groups is 1. The quantitative estimate of drug-likeness (QED) is 0.457. The third-order valence-corrected chi connectivity index (χ3v) is 6.03. The summed E-state index contributed by atoms with van der Waals surface area (Å²) in [6.45, 7) is 4.84. The van der Waals surface area contributed by atoms with Crippen LogP contribution in [0.5, 0.6) is 0 Å². The molecule has 0 spiro atoms. The van der Waals surface area contributed by atoms with Gasteiger partial charge in [-0.1, -0.05) is 61.7 Å². The van der Waals surface area contributed by atoms with Crippen LogP contribution < -0.4 is 10.2 Å². The number of hydrogen-bond donors (Lipinski definition) is 1. The molecule has 3 rings (SSSR count). The smallest absolute Gasteiger partial charge is 0.232 e. The van der Waals surface area contributed by atoms with Gasteiger partial charge in [-0.3, -0.25) is 9.36 Å². The molecule has 0 aliphatic carbocycles. The van der Waals surface area contributed by atoms with Gasteiger partial charge in [0.1, 0.15) is 0 Å². The van der Waals surface area contributed by atoms with Gasteiger partial charge in [0.05, 0.1) is 16.5 Å². The van der Waals surface area contributed by atoms with E-state index in [9.17, 15) is 4.79 Å². The summed E-state index contributed by atoms with van der Waals surface area (Å²) in [6, 6.07) is 7.68. The van der Waals surface area contributed by atoms with Crippen molar-refractivity contribution >= 4 is 35.2 Å². The summed E-state index contributed by atoms with van der Waals surface area (Å²) >= 11 is 7.85. The maximum absolute atomic E-state index is 12.2. The maximum Gasteiger partial charge on any atom is 0.232 e. The van der Waals surface area contributed by atoms with E-state index in [0.717, 1.165) is 57.0 Å². The summed E-state index contributed by atoms with van der Waals surface area (Å²) in [5.74, 6) is 1.14. The van der Waals surface area contributed by atoms with Crippen LogP contribution in [0.1, 0.15) is 45.4 Å². The van der Waals surface area contributed by atoms with Crippen molar-refractivity contribution in [1.29, 1.82) is 0 Å². The number of anilines is 1. The van der Waals surface area contributed by atoms with Crippen LogP contribution in [-0.2, 0) is 4.79 Å². The third kappa shape index (κ3) is 5.41. The lowest BCUT2D eigenvalue weighted by molar-refractivity contribution is -0.118.